The molecule has 0 saturated carbocycles. The maximum Gasteiger partial charge on any atom is 0.416 e. The first-order valence-electron chi connectivity index (χ1n) is 8.08. The van der Waals surface area contributed by atoms with E-state index in [0.29, 0.717) is 29.3 Å². The minimum Gasteiger partial charge on any atom is -0.491 e. The average Bonchev–Trinajstić information content (AvgIpc) is 2.90. The van der Waals surface area contributed by atoms with Gasteiger partial charge in [0.15, 0.2) is 0 Å². The first kappa shape index (κ1) is 18.9. The van der Waals surface area contributed by atoms with Crippen LogP contribution in [-0.2, 0) is 18.0 Å². The number of nitrogens with two attached hydrogens (primary N) is 1. The van der Waals surface area contributed by atoms with Crippen molar-refractivity contribution in [3.8, 4) is 0 Å². The highest BCUT2D eigenvalue weighted by Crippen LogP contribution is 2.33. The van der Waals surface area contributed by atoms with Crippen LogP contribution in [0.5, 0.6) is 0 Å². The highest BCUT2D eigenvalue weighted by atomic mass is 19.4. The minimum atomic E-state index is -4.40. The molecule has 0 aliphatic carbocycles. The number of unbranched alkanes of at least 4 members (excludes halogenated alkanes) is 1. The van der Waals surface area contributed by atoms with Gasteiger partial charge in [0.1, 0.15) is 11.6 Å². The Balaban J connectivity index is 2.46. The number of hydrogen-bond donors (Lipinski definition) is 1. The van der Waals surface area contributed by atoms with Crippen molar-refractivity contribution in [2.75, 3.05) is 6.61 Å². The lowest BCUT2D eigenvalue weighted by Crippen LogP contribution is -2.05. The van der Waals surface area contributed by atoms with E-state index in [2.05, 4.69) is 11.9 Å². The van der Waals surface area contributed by atoms with Crippen molar-refractivity contribution in [2.45, 2.75) is 32.9 Å². The standard InChI is InChI=1S/C18H22F3N3O/c1-4-6-9-25-16(11-22)13(5-2)17-23-14-10-12(18(19,20)21)7-8-15(14)24(17)3/h5,7-8,10-11H,4,6,9,22H2,1-3H3/b13-5+,16-11+. The molecule has 0 saturated heterocycles. The summed E-state index contributed by atoms with van der Waals surface area (Å²) in [5, 5.41) is 0. The second kappa shape index (κ2) is 7.63. The topological polar surface area (TPSA) is 53.1 Å². The maximum absolute atomic E-state index is 12.9. The van der Waals surface area contributed by atoms with Gasteiger partial charge >= 0.3 is 6.18 Å². The third-order valence-electron chi connectivity index (χ3n) is 3.91. The maximum atomic E-state index is 12.9. The molecule has 2 rings (SSSR count). The number of hydrogen-bond acceptors (Lipinski definition) is 3. The second-order valence-corrected chi connectivity index (χ2v) is 5.63. The Hall–Kier alpha value is -2.44. The third kappa shape index (κ3) is 3.97. The molecule has 0 aliphatic heterocycles. The normalized spacial score (nSPS) is 13.5. The van der Waals surface area contributed by atoms with E-state index < -0.39 is 11.7 Å². The van der Waals surface area contributed by atoms with Gasteiger partial charge in [-0.05, 0) is 31.5 Å². The van der Waals surface area contributed by atoms with Crippen molar-refractivity contribution in [1.82, 2.24) is 9.55 Å². The van der Waals surface area contributed by atoms with Crippen molar-refractivity contribution in [1.29, 1.82) is 0 Å². The molecule has 0 amide bonds. The summed E-state index contributed by atoms with van der Waals surface area (Å²) in [6, 6.07) is 3.53. The van der Waals surface area contributed by atoms with Crippen LogP contribution in [0.2, 0.25) is 0 Å². The number of ether oxygens (including phenoxy) is 1. The number of benzene rings is 1. The molecular formula is C18H22F3N3O. The van der Waals surface area contributed by atoms with Gasteiger partial charge in [0.25, 0.3) is 0 Å². The zero-order valence-electron chi connectivity index (χ0n) is 14.5. The van der Waals surface area contributed by atoms with E-state index in [-0.39, 0.29) is 5.52 Å². The van der Waals surface area contributed by atoms with Crippen LogP contribution in [0.1, 0.15) is 38.1 Å². The van der Waals surface area contributed by atoms with Gasteiger partial charge in [0, 0.05) is 13.2 Å². The molecule has 0 atom stereocenters. The molecule has 1 aromatic heterocycles. The summed E-state index contributed by atoms with van der Waals surface area (Å²) in [5.41, 5.74) is 6.48. The lowest BCUT2D eigenvalue weighted by atomic mass is 10.2. The second-order valence-electron chi connectivity index (χ2n) is 5.63. The fourth-order valence-corrected chi connectivity index (χ4v) is 2.54. The number of aryl methyl sites for hydroxylation is 1. The Labute approximate surface area is 144 Å². The molecule has 0 aliphatic rings. The number of imidazole rings is 1. The number of halogens is 3. The molecule has 0 radical (unpaired) electrons. The van der Waals surface area contributed by atoms with Crippen LogP contribution in [0, 0.1) is 0 Å². The number of rotatable bonds is 6. The van der Waals surface area contributed by atoms with Crippen molar-refractivity contribution in [2.24, 2.45) is 12.8 Å². The zero-order chi connectivity index (χ0) is 18.6. The van der Waals surface area contributed by atoms with Crippen LogP contribution >= 0.6 is 0 Å². The number of alkyl halides is 3. The number of aromatic nitrogens is 2. The molecule has 2 N–H and O–H groups in total. The molecule has 1 heterocycles. The monoisotopic (exact) mass is 353 g/mol. The molecule has 7 heteroatoms. The van der Waals surface area contributed by atoms with E-state index in [1.54, 1.807) is 17.7 Å². The molecule has 136 valence electrons. The van der Waals surface area contributed by atoms with Crippen molar-refractivity contribution in [3.05, 3.63) is 47.6 Å². The summed E-state index contributed by atoms with van der Waals surface area (Å²) >= 11 is 0. The highest BCUT2D eigenvalue weighted by molar-refractivity contribution is 5.83. The van der Waals surface area contributed by atoms with Crippen LogP contribution in [-0.4, -0.2) is 16.2 Å². The predicted octanol–water partition coefficient (Wildman–Crippen LogP) is 4.61. The fourth-order valence-electron chi connectivity index (χ4n) is 2.54. The van der Waals surface area contributed by atoms with E-state index in [1.165, 1.54) is 12.3 Å². The number of allylic oxidation sites excluding steroid dienone is 2. The van der Waals surface area contributed by atoms with Gasteiger partial charge in [0.2, 0.25) is 0 Å². The van der Waals surface area contributed by atoms with Gasteiger partial charge in [0.05, 0.1) is 28.8 Å². The first-order chi connectivity index (χ1) is 11.8. The summed E-state index contributed by atoms with van der Waals surface area (Å²) in [5.74, 6) is 0.968. The minimum absolute atomic E-state index is 0.275. The van der Waals surface area contributed by atoms with Crippen LogP contribution < -0.4 is 5.73 Å². The van der Waals surface area contributed by atoms with Crippen LogP contribution in [0.4, 0.5) is 13.2 Å². The van der Waals surface area contributed by atoms with Crippen molar-refractivity contribution in [3.63, 3.8) is 0 Å². The molecule has 0 fully saturated rings. The van der Waals surface area contributed by atoms with Gasteiger partial charge in [-0.3, -0.25) is 0 Å². The Morgan fingerprint density at radius 3 is 2.64 bits per heavy atom. The Morgan fingerprint density at radius 1 is 1.36 bits per heavy atom. The summed E-state index contributed by atoms with van der Waals surface area (Å²) in [6.07, 6.45) is 0.601. The summed E-state index contributed by atoms with van der Waals surface area (Å²) in [4.78, 5) is 4.37. The first-order valence-corrected chi connectivity index (χ1v) is 8.08. The van der Waals surface area contributed by atoms with Gasteiger partial charge in [-0.15, -0.1) is 0 Å². The molecule has 0 unspecified atom stereocenters. The lowest BCUT2D eigenvalue weighted by Gasteiger charge is -2.13. The molecule has 0 bridgehead atoms. The molecular weight excluding hydrogens is 331 g/mol. The summed E-state index contributed by atoms with van der Waals surface area (Å²) < 4.78 is 46.2. The van der Waals surface area contributed by atoms with E-state index >= 15 is 0 Å². The van der Waals surface area contributed by atoms with Crippen LogP contribution in [0.15, 0.2) is 36.2 Å². The van der Waals surface area contributed by atoms with E-state index in [0.717, 1.165) is 25.0 Å². The summed E-state index contributed by atoms with van der Waals surface area (Å²) in [6.45, 7) is 4.37. The molecule has 2 aromatic rings. The Bertz CT molecular complexity index is 804. The lowest BCUT2D eigenvalue weighted by molar-refractivity contribution is -0.137. The van der Waals surface area contributed by atoms with E-state index in [1.807, 2.05) is 6.92 Å². The third-order valence-corrected chi connectivity index (χ3v) is 3.91. The van der Waals surface area contributed by atoms with Gasteiger partial charge in [-0.1, -0.05) is 19.4 Å². The average molecular weight is 353 g/mol. The SMILES string of the molecule is C/C=C(\C(=C/N)OCCCC)c1nc2cc(C(F)(F)F)ccc2n1C. The molecule has 1 aromatic carbocycles. The Kier molecular flexibility index (Phi) is 5.77. The van der Waals surface area contributed by atoms with Crippen molar-refractivity contribution >= 4 is 16.6 Å². The molecule has 0 spiro atoms. The van der Waals surface area contributed by atoms with E-state index in [4.69, 9.17) is 10.5 Å². The number of fused-ring (bicyclic) bond motifs is 1. The fraction of sp³-hybridized carbons (Fsp3) is 0.389. The molecule has 25 heavy (non-hydrogen) atoms. The van der Waals surface area contributed by atoms with Crippen LogP contribution in [0.3, 0.4) is 0 Å². The smallest absolute Gasteiger partial charge is 0.416 e. The van der Waals surface area contributed by atoms with Gasteiger partial charge in [-0.2, -0.15) is 13.2 Å². The predicted molar refractivity (Wildman–Crippen MR) is 92.5 cm³/mol. The molecule has 4 nitrogen and oxygen atoms in total. The highest BCUT2D eigenvalue weighted by Gasteiger charge is 2.31. The Morgan fingerprint density at radius 2 is 2.08 bits per heavy atom. The quantitative estimate of drug-likeness (QED) is 0.469. The van der Waals surface area contributed by atoms with E-state index in [9.17, 15) is 13.2 Å². The van der Waals surface area contributed by atoms with Crippen LogP contribution in [0.25, 0.3) is 16.6 Å². The number of nitrogens with zero attached hydrogens (tertiary/aromatic N) is 2. The summed E-state index contributed by atoms with van der Waals surface area (Å²) in [7, 11) is 1.75. The van der Waals surface area contributed by atoms with Gasteiger partial charge < -0.3 is 15.0 Å². The zero-order valence-corrected chi connectivity index (χ0v) is 14.5. The largest absolute Gasteiger partial charge is 0.491 e. The van der Waals surface area contributed by atoms with Crippen molar-refractivity contribution < 1.29 is 17.9 Å². The van der Waals surface area contributed by atoms with Gasteiger partial charge in [-0.25, -0.2) is 4.98 Å².